The topological polar surface area (TPSA) is 0 Å². The van der Waals surface area contributed by atoms with E-state index < -0.39 is 0 Å². The number of rotatable bonds is 1. The Morgan fingerprint density at radius 3 is 1.33 bits per heavy atom. The Morgan fingerprint density at radius 1 is 1.11 bits per heavy atom. The molecule has 0 aliphatic carbocycles. The predicted molar refractivity (Wildman–Crippen MR) is 56.5 cm³/mol. The summed E-state index contributed by atoms with van der Waals surface area (Å²) in [5, 5.41) is 0. The van der Waals surface area contributed by atoms with Crippen molar-refractivity contribution in [2.24, 2.45) is 0 Å². The highest BCUT2D eigenvalue weighted by Gasteiger charge is 1.56. The van der Waals surface area contributed by atoms with Crippen molar-refractivity contribution in [3.8, 4) is 0 Å². The molecule has 0 nitrogen and oxygen atoms in total. The molecule has 0 heterocycles. The van der Waals surface area contributed by atoms with Gasteiger partial charge < -0.3 is 0 Å². The van der Waals surface area contributed by atoms with Gasteiger partial charge in [-0.2, -0.15) is 0 Å². The van der Waals surface area contributed by atoms with Gasteiger partial charge in [-0.15, -0.1) is 23.8 Å². The van der Waals surface area contributed by atoms with Crippen LogP contribution in [0.15, 0.2) is 12.2 Å². The normalized spacial score (nSPS) is 8.33. The predicted octanol–water partition coefficient (Wildman–Crippen LogP) is 4.01. The van der Waals surface area contributed by atoms with Gasteiger partial charge in [-0.1, -0.05) is 38.8 Å². The summed E-state index contributed by atoms with van der Waals surface area (Å²) in [6, 6.07) is 0. The lowest BCUT2D eigenvalue weighted by Crippen LogP contribution is -1.47. The molecular weight excluding hydrogens is 223 g/mol. The molecule has 0 aliphatic heterocycles. The van der Waals surface area contributed by atoms with Crippen molar-refractivity contribution in [2.75, 3.05) is 0 Å². The molecule has 0 amide bonds. The minimum Gasteiger partial charge on any atom is -0.107 e. The van der Waals surface area contributed by atoms with Crippen LogP contribution in [0.3, 0.4) is 0 Å². The summed E-state index contributed by atoms with van der Waals surface area (Å²) < 4.78 is 5.72. The van der Waals surface area contributed by atoms with Gasteiger partial charge in [0.1, 0.15) is 0.594 Å². The van der Waals surface area contributed by atoms with Gasteiger partial charge >= 0.3 is 0 Å². The van der Waals surface area contributed by atoms with Gasteiger partial charge in [-0.3, -0.25) is 0 Å². The van der Waals surface area contributed by atoms with E-state index in [-0.39, 0.29) is 0 Å². The van der Waals surface area contributed by atoms with Crippen LogP contribution < -0.4 is 0 Å². The van der Waals surface area contributed by atoms with Crippen LogP contribution in [0.5, 0.6) is 0 Å². The second kappa shape index (κ2) is 23.7. The lowest BCUT2D eigenvalue weighted by molar-refractivity contribution is 0.886. The molecule has 0 spiro atoms. The summed E-state index contributed by atoms with van der Waals surface area (Å²) in [7, 11) is 0. The Hall–Kier alpha value is 0.470. The maximum Gasteiger partial charge on any atom is 0.107 e. The Bertz CT molecular complexity index is 38.5. The van der Waals surface area contributed by atoms with Gasteiger partial charge in [0.2, 0.25) is 0 Å². The molecule has 0 saturated heterocycles. The lowest BCUT2D eigenvalue weighted by Gasteiger charge is -1.68. The molecule has 0 rings (SSSR count). The van der Waals surface area contributed by atoms with Crippen LogP contribution in [0.2, 0.25) is 0 Å². The average molecular weight is 243 g/mol. The number of hydrogen-bond donors (Lipinski definition) is 0. The standard InChI is InChI=1S/C4H10.C4H8.HI/c2*1-3-4-2;/h3-4H2,1-2H3;3-4H,1-2H3;1H/i/hD. The van der Waals surface area contributed by atoms with Crippen molar-refractivity contribution in [3.05, 3.63) is 12.2 Å². The van der Waals surface area contributed by atoms with E-state index in [2.05, 4.69) is 13.8 Å². The molecule has 0 fully saturated rings. The molecular formula is C8H19I. The summed E-state index contributed by atoms with van der Waals surface area (Å²) in [5.41, 5.74) is 0. The molecule has 9 heavy (non-hydrogen) atoms. The minimum absolute atomic E-state index is 1.32. The van der Waals surface area contributed by atoms with E-state index in [4.69, 9.17) is 0.594 Å². The van der Waals surface area contributed by atoms with Crippen molar-refractivity contribution in [1.29, 1.82) is 0.594 Å². The molecule has 0 bridgehead atoms. The van der Waals surface area contributed by atoms with Gasteiger partial charge in [-0.25, -0.2) is 0 Å². The van der Waals surface area contributed by atoms with Crippen LogP contribution in [0.25, 0.3) is 0 Å². The molecule has 1 heteroatoms. The van der Waals surface area contributed by atoms with Crippen molar-refractivity contribution in [1.82, 2.24) is 0 Å². The van der Waals surface area contributed by atoms with Gasteiger partial charge in [0.25, 0.3) is 0 Å². The molecule has 0 N–H and O–H groups in total. The van der Waals surface area contributed by atoms with E-state index in [1.165, 1.54) is 36.6 Å². The van der Waals surface area contributed by atoms with E-state index in [0.29, 0.717) is 0 Å². The lowest BCUT2D eigenvalue weighted by atomic mass is 10.4. The van der Waals surface area contributed by atoms with Gasteiger partial charge in [0.05, 0.1) is 0 Å². The Kier molecular flexibility index (Phi) is 32.0. The average Bonchev–Trinajstić information content (AvgIpc) is 2.08. The summed E-state index contributed by atoms with van der Waals surface area (Å²) in [4.78, 5) is 0. The second-order valence-electron chi connectivity index (χ2n) is 1.67. The van der Waals surface area contributed by atoms with Crippen LogP contribution in [-0.2, 0) is 0 Å². The molecule has 0 radical (unpaired) electrons. The summed E-state index contributed by atoms with van der Waals surface area (Å²) >= 11 is 1.40. The maximum atomic E-state index is 5.72. The van der Waals surface area contributed by atoms with Crippen LogP contribution in [0.1, 0.15) is 40.5 Å². The second-order valence-corrected chi connectivity index (χ2v) is 1.67. The highest BCUT2D eigenvalue weighted by atomic mass is 127. The molecule has 0 aromatic rings. The molecule has 0 unspecified atom stereocenters. The fourth-order valence-corrected chi connectivity index (χ4v) is 0. The third kappa shape index (κ3) is 58.1. The zero-order valence-electron chi connectivity index (χ0n) is 7.95. The number of hydrogen-bond acceptors (Lipinski definition) is 0. The van der Waals surface area contributed by atoms with Crippen molar-refractivity contribution in [2.45, 2.75) is 40.5 Å². The van der Waals surface area contributed by atoms with Crippen LogP contribution >= 0.6 is 23.8 Å². The first kappa shape index (κ1) is 12.2. The Balaban J connectivity index is -0.0000000787. The van der Waals surface area contributed by atoms with Gasteiger partial charge in [-0.05, 0) is 13.8 Å². The SMILES string of the molecule is CC=CC.CCCC.[2H]I. The third-order valence-corrected chi connectivity index (χ3v) is 0.833. The molecule has 58 valence electrons. The molecule has 0 saturated carbocycles. The van der Waals surface area contributed by atoms with Gasteiger partial charge in [0, 0.05) is 0 Å². The van der Waals surface area contributed by atoms with E-state index in [1.807, 2.05) is 26.0 Å². The van der Waals surface area contributed by atoms with E-state index >= 15 is 0 Å². The quantitative estimate of drug-likeness (QED) is 0.482. The molecule has 0 aromatic heterocycles. The summed E-state index contributed by atoms with van der Waals surface area (Å²) in [6.07, 6.45) is 6.64. The Labute approximate surface area is 77.2 Å². The number of halogens is 1. The Morgan fingerprint density at radius 2 is 1.33 bits per heavy atom. The van der Waals surface area contributed by atoms with Gasteiger partial charge in [0.15, 0.2) is 0 Å². The first-order valence-corrected chi connectivity index (χ1v) is 3.40. The molecule has 0 aliphatic rings. The molecule has 0 aromatic carbocycles. The first-order valence-electron chi connectivity index (χ1n) is 3.78. The fraction of sp³-hybridized carbons (Fsp3) is 0.750. The summed E-state index contributed by atoms with van der Waals surface area (Å²) in [6.45, 7) is 8.36. The van der Waals surface area contributed by atoms with E-state index in [1.54, 1.807) is 0 Å². The fourth-order valence-electron chi connectivity index (χ4n) is 0. The van der Waals surface area contributed by atoms with E-state index in [0.717, 1.165) is 0 Å². The number of unbranched alkanes of at least 4 members (excludes halogenated alkanes) is 1. The first-order chi connectivity index (χ1) is 4.83. The van der Waals surface area contributed by atoms with Crippen LogP contribution in [0, 0.1) is 0 Å². The maximum absolute atomic E-state index is 5.72. The highest BCUT2D eigenvalue weighted by molar-refractivity contribution is 14.0. The van der Waals surface area contributed by atoms with Crippen LogP contribution in [-0.4, -0.2) is 0.594 Å². The monoisotopic (exact) mass is 243 g/mol. The van der Waals surface area contributed by atoms with Crippen LogP contribution in [0.4, 0.5) is 0 Å². The molecule has 0 atom stereocenters. The summed E-state index contributed by atoms with van der Waals surface area (Å²) in [5.74, 6) is 0. The zero-order valence-corrected chi connectivity index (χ0v) is 9.10. The van der Waals surface area contributed by atoms with Crippen molar-refractivity contribution < 1.29 is 0 Å². The largest absolute Gasteiger partial charge is 0.107 e. The highest BCUT2D eigenvalue weighted by Crippen LogP contribution is 1.76. The van der Waals surface area contributed by atoms with Crippen molar-refractivity contribution >= 4 is 23.8 Å². The number of allylic oxidation sites excluding steroid dienone is 2. The zero-order chi connectivity index (χ0) is 8.83. The van der Waals surface area contributed by atoms with Crippen molar-refractivity contribution in [3.63, 3.8) is 0 Å². The smallest absolute Gasteiger partial charge is 0.107 e. The third-order valence-electron chi connectivity index (χ3n) is 0.833. The van der Waals surface area contributed by atoms with E-state index in [9.17, 15) is 0 Å². The minimum atomic E-state index is 1.32.